The van der Waals surface area contributed by atoms with Crippen molar-refractivity contribution >= 4 is 0 Å². The number of halogens is 6. The molecule has 0 aromatic rings. The maximum absolute atomic E-state index is 12.7. The fourth-order valence-electron chi connectivity index (χ4n) is 14.4. The molecule has 15 nitrogen and oxygen atoms in total. The Bertz CT molecular complexity index is 2400. The standard InChI is InChI=1S/C9H18FN.C9H18N2.C9H20N2.C9H19N.C8H15F2N.2C8H17NO.C8H17N.C7H13F2N.C7H14FN.C7H15N.12CH4/c1-9(2,3)11-6-8(7-11)4-5-10;1-8(2,3)11-6-9(7-11)4-10-5-9;1-9(2,3)11-7-5-10(4)6-8-11;1-9(2,3)10-7-5-4-6-8-10;1-7(2,3)11-5-4-8(9,10)6-11;1-8(2,3)9-5-7(6-9)10-4;1-8(2,3)9-4-6-10-7-5-9;1-8(2,3)9-6-4-5-7-9;1-6(2,3)10-4-7(8,9)5-10;1-7(2,3)9-4-6(8)5-9;1-7(2,3)8-5-4-6-8;;;;;;;;;;;;/h8H,4-7H2,1-3H3;10H,4-7H2,1-3H3;5-8H2,1-4H3;4-8H2,1-3H3;4-6H2,1-3H3;7H,5-6H2,1-4H3;4-7H2,1-3H3;4-7H2,1-3H3;4-5H2,1-3H3;6H,4-5H2,1-3H3;4-6H2,1-3H3;12*1H4. The summed E-state index contributed by atoms with van der Waals surface area (Å²) in [6, 6.07) is 0. The summed E-state index contributed by atoms with van der Waals surface area (Å²) < 4.78 is 84.5. The fourth-order valence-corrected chi connectivity index (χ4v) is 14.4. The van der Waals surface area contributed by atoms with Gasteiger partial charge in [0.15, 0.2) is 0 Å². The summed E-state index contributed by atoms with van der Waals surface area (Å²) in [5, 5.41) is 3.35. The van der Waals surface area contributed by atoms with Gasteiger partial charge >= 0.3 is 0 Å². The van der Waals surface area contributed by atoms with E-state index in [1.165, 1.54) is 130 Å². The summed E-state index contributed by atoms with van der Waals surface area (Å²) in [5.74, 6) is -4.25. The summed E-state index contributed by atoms with van der Waals surface area (Å²) in [6.45, 7) is 100. The van der Waals surface area contributed by atoms with Gasteiger partial charge in [0, 0.05) is 191 Å². The molecular weight excluding hydrogens is 1540 g/mol. The zero-order valence-electron chi connectivity index (χ0n) is 78.8. The average Bonchev–Trinajstić information content (AvgIpc) is 0.832. The molecule has 122 heavy (non-hydrogen) atoms. The average molecular weight is 1770 g/mol. The first-order valence-corrected chi connectivity index (χ1v) is 43.4. The number of piperidine rings is 1. The second-order valence-electron chi connectivity index (χ2n) is 45.1. The van der Waals surface area contributed by atoms with Gasteiger partial charge in [-0.15, -0.1) is 0 Å². The molecular formula is C101H231F6N13O2. The molecule has 0 amide bonds. The number of hydrogen-bond donors (Lipinski definition) is 1. The minimum atomic E-state index is -2.45. The van der Waals surface area contributed by atoms with E-state index in [1.807, 2.05) is 46.4 Å². The van der Waals surface area contributed by atoms with Gasteiger partial charge in [-0.1, -0.05) is 95.5 Å². The molecule has 12 aliphatic heterocycles. The summed E-state index contributed by atoms with van der Waals surface area (Å²) in [6.07, 6.45) is 9.13. The first-order chi connectivity index (χ1) is 49.6. The SMILES string of the molecule is C.C.C.C.C.C.C.C.C.C.C.C.CC(C)(C)N1CC(CCF)C1.CC(C)(C)N1CC(F)(F)C1.CC(C)(C)N1CC(F)C1.CC(C)(C)N1CC2(CNC2)C1.CC(C)(C)N1CCC(F)(F)C1.CC(C)(C)N1CCC1.CC(C)(C)N1CCCC1.CC(C)(C)N1CCCCC1.CC(C)(C)N1CCOCC1.CN1CCN(C(C)(C)C)CC1.COC1CN(C(C)(C)C)C1. The van der Waals surface area contributed by atoms with E-state index in [0.29, 0.717) is 75.8 Å². The van der Waals surface area contributed by atoms with Crippen LogP contribution in [0.5, 0.6) is 0 Å². The van der Waals surface area contributed by atoms with Crippen molar-refractivity contribution in [3.05, 3.63) is 0 Å². The van der Waals surface area contributed by atoms with Gasteiger partial charge < -0.3 is 19.7 Å². The van der Waals surface area contributed by atoms with Crippen molar-refractivity contribution < 1.29 is 35.8 Å². The van der Waals surface area contributed by atoms with Gasteiger partial charge in [-0.2, -0.15) is 0 Å². The third-order valence-electron chi connectivity index (χ3n) is 23.8. The normalized spacial score (nSPS) is 21.9. The highest BCUT2D eigenvalue weighted by Crippen LogP contribution is 2.39. The van der Waals surface area contributed by atoms with Crippen LogP contribution in [0.1, 0.15) is 369 Å². The highest BCUT2D eigenvalue weighted by atomic mass is 19.3. The third kappa shape index (κ3) is 56.0. The Morgan fingerprint density at radius 2 is 0.582 bits per heavy atom. The number of piperazine rings is 1. The van der Waals surface area contributed by atoms with E-state index < -0.39 is 18.0 Å². The van der Waals surface area contributed by atoms with E-state index in [4.69, 9.17) is 9.47 Å². The van der Waals surface area contributed by atoms with Crippen LogP contribution in [0.3, 0.4) is 0 Å². The van der Waals surface area contributed by atoms with E-state index >= 15 is 0 Å². The summed E-state index contributed by atoms with van der Waals surface area (Å²) >= 11 is 0. The highest BCUT2D eigenvalue weighted by Gasteiger charge is 2.51. The Morgan fingerprint density at radius 1 is 0.311 bits per heavy atom. The lowest BCUT2D eigenvalue weighted by molar-refractivity contribution is -0.160. The molecule has 0 aliphatic carbocycles. The molecule has 0 saturated carbocycles. The van der Waals surface area contributed by atoms with Crippen LogP contribution in [0, 0.1) is 11.3 Å². The van der Waals surface area contributed by atoms with Crippen LogP contribution in [0.25, 0.3) is 0 Å². The molecule has 12 saturated heterocycles. The number of likely N-dealkylation sites (tertiary alicyclic amines) is 9. The summed E-state index contributed by atoms with van der Waals surface area (Å²) in [7, 11) is 3.98. The molecule has 0 atom stereocenters. The van der Waals surface area contributed by atoms with Crippen molar-refractivity contribution in [2.45, 2.75) is 454 Å². The quantitative estimate of drug-likeness (QED) is 0.273. The van der Waals surface area contributed by atoms with Crippen LogP contribution in [-0.2, 0) is 9.47 Å². The Hall–Kier alpha value is -1.02. The highest BCUT2D eigenvalue weighted by molar-refractivity contribution is 5.07. The molecule has 12 rings (SSSR count). The minimum Gasteiger partial charge on any atom is -0.379 e. The van der Waals surface area contributed by atoms with Gasteiger partial charge in [0.2, 0.25) is 0 Å². The van der Waals surface area contributed by atoms with E-state index in [9.17, 15) is 26.3 Å². The van der Waals surface area contributed by atoms with E-state index in [1.54, 1.807) is 12.0 Å². The molecule has 1 N–H and O–H groups in total. The van der Waals surface area contributed by atoms with Crippen LogP contribution < -0.4 is 5.32 Å². The zero-order valence-corrected chi connectivity index (χ0v) is 78.8. The van der Waals surface area contributed by atoms with Crippen molar-refractivity contribution in [1.29, 1.82) is 0 Å². The second-order valence-corrected chi connectivity index (χ2v) is 45.1. The number of alkyl halides is 6. The maximum Gasteiger partial charge on any atom is 0.272 e. The first kappa shape index (κ1) is 144. The van der Waals surface area contributed by atoms with E-state index in [2.05, 4.69) is 248 Å². The molecule has 0 radical (unpaired) electrons. The number of nitrogens with one attached hydrogen (secondary N) is 1. The van der Waals surface area contributed by atoms with Crippen molar-refractivity contribution in [3.8, 4) is 0 Å². The smallest absolute Gasteiger partial charge is 0.272 e. The van der Waals surface area contributed by atoms with Crippen molar-refractivity contribution in [2.24, 2.45) is 11.3 Å². The Morgan fingerprint density at radius 3 is 0.787 bits per heavy atom. The zero-order chi connectivity index (χ0) is 84.9. The molecule has 12 aliphatic rings. The Kier molecular flexibility index (Phi) is 71.0. The monoisotopic (exact) mass is 1770 g/mol. The van der Waals surface area contributed by atoms with E-state index in [0.717, 1.165) is 58.9 Å². The van der Waals surface area contributed by atoms with Crippen LogP contribution in [0.4, 0.5) is 26.3 Å². The maximum atomic E-state index is 12.7. The van der Waals surface area contributed by atoms with E-state index in [-0.39, 0.29) is 144 Å². The lowest BCUT2D eigenvalue weighted by Crippen LogP contribution is -2.73. The third-order valence-corrected chi connectivity index (χ3v) is 23.8. The number of methoxy groups -OCH3 is 1. The van der Waals surface area contributed by atoms with Gasteiger partial charge in [-0.05, 0) is 319 Å². The van der Waals surface area contributed by atoms with Crippen LogP contribution >= 0.6 is 0 Å². The summed E-state index contributed by atoms with van der Waals surface area (Å²) in [5.41, 5.74) is 3.58. The molecule has 12 fully saturated rings. The predicted molar refractivity (Wildman–Crippen MR) is 541 cm³/mol. The number of nitrogens with zero attached hydrogens (tertiary/aromatic N) is 12. The lowest BCUT2D eigenvalue weighted by atomic mass is 9.72. The molecule has 0 bridgehead atoms. The molecule has 21 heteroatoms. The molecule has 0 aromatic heterocycles. The predicted octanol–water partition coefficient (Wildman–Crippen LogP) is 24.6. The van der Waals surface area contributed by atoms with Crippen molar-refractivity contribution in [3.63, 3.8) is 0 Å². The molecule has 0 unspecified atom stereocenters. The second kappa shape index (κ2) is 60.2. The Balaban J connectivity index is -0.000000122. The van der Waals surface area contributed by atoms with Gasteiger partial charge in [0.25, 0.3) is 11.8 Å². The van der Waals surface area contributed by atoms with Crippen LogP contribution in [0.15, 0.2) is 0 Å². The van der Waals surface area contributed by atoms with Gasteiger partial charge in [-0.25, -0.2) is 22.0 Å². The lowest BCUT2D eigenvalue weighted by Gasteiger charge is -2.60. The number of likely N-dealkylation sites (N-methyl/N-ethyl adjacent to an activating group) is 1. The van der Waals surface area contributed by atoms with Crippen molar-refractivity contribution in [1.82, 2.24) is 64.1 Å². The van der Waals surface area contributed by atoms with Crippen molar-refractivity contribution in [2.75, 3.05) is 204 Å². The van der Waals surface area contributed by atoms with Gasteiger partial charge in [0.05, 0.1) is 45.6 Å². The molecule has 1 spiro atoms. The Labute approximate surface area is 765 Å². The largest absolute Gasteiger partial charge is 0.379 e. The number of ether oxygens (including phenoxy) is 2. The first-order valence-electron chi connectivity index (χ1n) is 43.4. The molecule has 754 valence electrons. The topological polar surface area (TPSA) is 69.4 Å². The van der Waals surface area contributed by atoms with Crippen LogP contribution in [0.2, 0.25) is 0 Å². The van der Waals surface area contributed by atoms with Crippen LogP contribution in [-0.4, -0.2) is 348 Å². The minimum absolute atomic E-state index is 0. The summed E-state index contributed by atoms with van der Waals surface area (Å²) in [4.78, 5) is 28.1. The molecule has 12 heterocycles. The van der Waals surface area contributed by atoms with Gasteiger partial charge in [-0.3, -0.25) is 58.3 Å². The number of morpholine rings is 1. The molecule has 0 aromatic carbocycles. The fraction of sp³-hybridized carbons (Fsp3) is 1.00. The van der Waals surface area contributed by atoms with Gasteiger partial charge in [0.1, 0.15) is 6.17 Å². The number of hydrogen-bond acceptors (Lipinski definition) is 15. The number of rotatable bonds is 3.